The molecule has 2 amide bonds. The van der Waals surface area contributed by atoms with Crippen LogP contribution in [0.4, 0.5) is 9.59 Å². The smallest absolute Gasteiger partial charge is 0.409 e. The molecular formula is C14H26N2O5. The van der Waals surface area contributed by atoms with Gasteiger partial charge >= 0.3 is 12.2 Å². The number of nitrogens with one attached hydrogen (secondary N) is 1. The van der Waals surface area contributed by atoms with E-state index in [0.29, 0.717) is 26.1 Å². The van der Waals surface area contributed by atoms with Gasteiger partial charge in [0.2, 0.25) is 0 Å². The van der Waals surface area contributed by atoms with Gasteiger partial charge in [0.25, 0.3) is 0 Å². The van der Waals surface area contributed by atoms with Gasteiger partial charge < -0.3 is 24.4 Å². The zero-order valence-electron chi connectivity index (χ0n) is 13.5. The second-order valence-electron chi connectivity index (χ2n) is 5.96. The molecule has 0 aliphatic carbocycles. The van der Waals surface area contributed by atoms with E-state index in [9.17, 15) is 9.59 Å². The number of likely N-dealkylation sites (tertiary alicyclic amines) is 1. The SMILES string of the molecule is CCOC(=O)N1CC[C@@H](NC(=O)OC(C)(C)C)[C@@H](OC)C1. The molecule has 1 N–H and O–H groups in total. The van der Waals surface area contributed by atoms with Crippen LogP contribution >= 0.6 is 0 Å². The van der Waals surface area contributed by atoms with Gasteiger partial charge in [0.15, 0.2) is 0 Å². The van der Waals surface area contributed by atoms with Crippen molar-refractivity contribution >= 4 is 12.2 Å². The third-order valence-corrected chi connectivity index (χ3v) is 3.09. The predicted molar refractivity (Wildman–Crippen MR) is 77.2 cm³/mol. The lowest BCUT2D eigenvalue weighted by atomic mass is 10.0. The van der Waals surface area contributed by atoms with E-state index in [2.05, 4.69) is 5.32 Å². The van der Waals surface area contributed by atoms with E-state index in [-0.39, 0.29) is 18.2 Å². The number of carbonyl (C=O) groups excluding carboxylic acids is 2. The fraction of sp³-hybridized carbons (Fsp3) is 0.857. The summed E-state index contributed by atoms with van der Waals surface area (Å²) in [5.74, 6) is 0. The maximum Gasteiger partial charge on any atom is 0.409 e. The van der Waals surface area contributed by atoms with E-state index in [1.54, 1.807) is 18.9 Å². The average Bonchev–Trinajstić information content (AvgIpc) is 2.37. The topological polar surface area (TPSA) is 77.1 Å². The Hall–Kier alpha value is -1.50. The van der Waals surface area contributed by atoms with Crippen molar-refractivity contribution in [3.05, 3.63) is 0 Å². The maximum absolute atomic E-state index is 11.8. The lowest BCUT2D eigenvalue weighted by Gasteiger charge is -2.37. The second-order valence-corrected chi connectivity index (χ2v) is 5.96. The number of ether oxygens (including phenoxy) is 3. The molecule has 0 spiro atoms. The van der Waals surface area contributed by atoms with Gasteiger partial charge in [-0.15, -0.1) is 0 Å². The standard InChI is InChI=1S/C14H26N2O5/c1-6-20-13(18)16-8-7-10(11(9-16)19-5)15-12(17)21-14(2,3)4/h10-11H,6-9H2,1-5H3,(H,15,17)/t10-,11+/m1/s1. The van der Waals surface area contributed by atoms with E-state index in [0.717, 1.165) is 0 Å². The highest BCUT2D eigenvalue weighted by molar-refractivity contribution is 5.69. The lowest BCUT2D eigenvalue weighted by molar-refractivity contribution is -0.00288. The van der Waals surface area contributed by atoms with Gasteiger partial charge in [-0.25, -0.2) is 9.59 Å². The zero-order valence-corrected chi connectivity index (χ0v) is 13.5. The summed E-state index contributed by atoms with van der Waals surface area (Å²) in [6.07, 6.45) is -0.513. The Bertz CT molecular complexity index is 367. The van der Waals surface area contributed by atoms with Crippen molar-refractivity contribution in [3.8, 4) is 0 Å². The van der Waals surface area contributed by atoms with Crippen molar-refractivity contribution in [2.45, 2.75) is 51.9 Å². The minimum Gasteiger partial charge on any atom is -0.450 e. The van der Waals surface area contributed by atoms with E-state index in [1.165, 1.54) is 0 Å². The number of carbonyl (C=O) groups is 2. The molecule has 122 valence electrons. The van der Waals surface area contributed by atoms with Crippen LogP contribution in [0, 0.1) is 0 Å². The van der Waals surface area contributed by atoms with Crippen LogP contribution < -0.4 is 5.32 Å². The summed E-state index contributed by atoms with van der Waals surface area (Å²) in [6.45, 7) is 8.43. The molecule has 0 aromatic rings. The summed E-state index contributed by atoms with van der Waals surface area (Å²) >= 11 is 0. The Labute approximate surface area is 125 Å². The Balaban J connectivity index is 2.54. The Morgan fingerprint density at radius 1 is 1.33 bits per heavy atom. The molecule has 1 fully saturated rings. The summed E-state index contributed by atoms with van der Waals surface area (Å²) in [5, 5.41) is 2.80. The van der Waals surface area contributed by atoms with Crippen LogP contribution in [0.5, 0.6) is 0 Å². The highest BCUT2D eigenvalue weighted by Crippen LogP contribution is 2.16. The van der Waals surface area contributed by atoms with Crippen molar-refractivity contribution in [2.75, 3.05) is 26.8 Å². The van der Waals surface area contributed by atoms with E-state index < -0.39 is 11.7 Å². The van der Waals surface area contributed by atoms with Crippen LogP contribution in [0.2, 0.25) is 0 Å². The average molecular weight is 302 g/mol. The van der Waals surface area contributed by atoms with Gasteiger partial charge in [-0.2, -0.15) is 0 Å². The van der Waals surface area contributed by atoms with Gasteiger partial charge in [0.05, 0.1) is 25.3 Å². The molecule has 0 aromatic heterocycles. The summed E-state index contributed by atoms with van der Waals surface area (Å²) in [6, 6.07) is -0.185. The predicted octanol–water partition coefficient (Wildman–Crippen LogP) is 1.76. The van der Waals surface area contributed by atoms with Crippen molar-refractivity contribution in [3.63, 3.8) is 0 Å². The van der Waals surface area contributed by atoms with Gasteiger partial charge in [0.1, 0.15) is 5.60 Å². The molecule has 1 rings (SSSR count). The van der Waals surface area contributed by atoms with Crippen LogP contribution in [-0.2, 0) is 14.2 Å². The van der Waals surface area contributed by atoms with Gasteiger partial charge in [-0.3, -0.25) is 0 Å². The third-order valence-electron chi connectivity index (χ3n) is 3.09. The fourth-order valence-corrected chi connectivity index (χ4v) is 2.16. The number of piperidine rings is 1. The van der Waals surface area contributed by atoms with Crippen LogP contribution in [0.15, 0.2) is 0 Å². The number of methoxy groups -OCH3 is 1. The molecule has 7 nitrogen and oxygen atoms in total. The molecular weight excluding hydrogens is 276 g/mol. The largest absolute Gasteiger partial charge is 0.450 e. The van der Waals surface area contributed by atoms with Crippen molar-refractivity contribution in [1.82, 2.24) is 10.2 Å². The fourth-order valence-electron chi connectivity index (χ4n) is 2.16. The highest BCUT2D eigenvalue weighted by Gasteiger charge is 2.34. The Morgan fingerprint density at radius 3 is 2.52 bits per heavy atom. The van der Waals surface area contributed by atoms with Gasteiger partial charge in [0, 0.05) is 13.7 Å². The molecule has 1 saturated heterocycles. The normalized spacial score (nSPS) is 22.6. The molecule has 1 aliphatic rings. The van der Waals surface area contributed by atoms with Gasteiger partial charge in [-0.1, -0.05) is 0 Å². The first-order valence-corrected chi connectivity index (χ1v) is 7.20. The second kappa shape index (κ2) is 7.49. The molecule has 7 heteroatoms. The first-order chi connectivity index (χ1) is 9.76. The molecule has 0 bridgehead atoms. The first kappa shape index (κ1) is 17.6. The Kier molecular flexibility index (Phi) is 6.26. The zero-order chi connectivity index (χ0) is 16.0. The molecule has 1 aliphatic heterocycles. The first-order valence-electron chi connectivity index (χ1n) is 7.20. The third kappa shape index (κ3) is 5.79. The molecule has 0 unspecified atom stereocenters. The van der Waals surface area contributed by atoms with Crippen LogP contribution in [-0.4, -0.2) is 61.6 Å². The molecule has 21 heavy (non-hydrogen) atoms. The summed E-state index contributed by atoms with van der Waals surface area (Å²) in [7, 11) is 1.56. The molecule has 0 saturated carbocycles. The van der Waals surface area contributed by atoms with E-state index in [1.807, 2.05) is 20.8 Å². The number of hydrogen-bond acceptors (Lipinski definition) is 5. The van der Waals surface area contributed by atoms with Crippen molar-refractivity contribution in [1.29, 1.82) is 0 Å². The maximum atomic E-state index is 11.8. The molecule has 2 atom stereocenters. The lowest BCUT2D eigenvalue weighted by Crippen LogP contribution is -2.56. The van der Waals surface area contributed by atoms with Crippen LogP contribution in [0.1, 0.15) is 34.1 Å². The summed E-state index contributed by atoms with van der Waals surface area (Å²) < 4.78 is 15.6. The van der Waals surface area contributed by atoms with E-state index in [4.69, 9.17) is 14.2 Å². The number of hydrogen-bond donors (Lipinski definition) is 1. The minimum absolute atomic E-state index is 0.185. The quantitative estimate of drug-likeness (QED) is 0.859. The molecule has 0 radical (unpaired) electrons. The summed E-state index contributed by atoms with van der Waals surface area (Å²) in [5.41, 5.74) is -0.543. The van der Waals surface area contributed by atoms with Crippen molar-refractivity contribution in [2.24, 2.45) is 0 Å². The van der Waals surface area contributed by atoms with Gasteiger partial charge in [-0.05, 0) is 34.1 Å². The van der Waals surface area contributed by atoms with Crippen LogP contribution in [0.25, 0.3) is 0 Å². The number of rotatable bonds is 3. The molecule has 0 aromatic carbocycles. The van der Waals surface area contributed by atoms with Crippen LogP contribution in [0.3, 0.4) is 0 Å². The minimum atomic E-state index is -0.543. The Morgan fingerprint density at radius 2 is 2.00 bits per heavy atom. The number of amides is 2. The van der Waals surface area contributed by atoms with E-state index >= 15 is 0 Å². The van der Waals surface area contributed by atoms with Crippen molar-refractivity contribution < 1.29 is 23.8 Å². The molecule has 1 heterocycles. The number of nitrogens with zero attached hydrogens (tertiary/aromatic N) is 1. The monoisotopic (exact) mass is 302 g/mol. The number of alkyl carbamates (subject to hydrolysis) is 1. The highest BCUT2D eigenvalue weighted by atomic mass is 16.6. The summed E-state index contributed by atoms with van der Waals surface area (Å²) in [4.78, 5) is 25.1.